The Balaban J connectivity index is 1.84. The van der Waals surface area contributed by atoms with Crippen LogP contribution >= 0.6 is 0 Å². The molecule has 0 saturated heterocycles. The average molecular weight is 324 g/mol. The maximum atomic E-state index is 12.1. The van der Waals surface area contributed by atoms with Crippen LogP contribution in [-0.2, 0) is 6.42 Å². The van der Waals surface area contributed by atoms with Crippen LogP contribution in [0.15, 0.2) is 29.1 Å². The average Bonchev–Trinajstić information content (AvgIpc) is 2.79. The molecule has 0 aliphatic heterocycles. The van der Waals surface area contributed by atoms with Crippen LogP contribution in [0.5, 0.6) is 5.75 Å². The van der Waals surface area contributed by atoms with E-state index in [4.69, 9.17) is 0 Å². The van der Waals surface area contributed by atoms with Crippen LogP contribution in [-0.4, -0.2) is 26.3 Å². The minimum Gasteiger partial charge on any atom is -0.406 e. The van der Waals surface area contributed by atoms with Crippen LogP contribution in [0.1, 0.15) is 17.1 Å². The molecular formula is C14H11F3N4O2. The monoisotopic (exact) mass is 324 g/mol. The van der Waals surface area contributed by atoms with Gasteiger partial charge in [0.15, 0.2) is 11.3 Å². The lowest BCUT2D eigenvalue weighted by atomic mass is 10.1. The SMILES string of the molecule is Cc1nc2[nH]c(=O)c(Cc3ccc(OC(F)(F)F)cc3)nc2[nH]1. The van der Waals surface area contributed by atoms with Gasteiger partial charge in [0.25, 0.3) is 5.56 Å². The normalized spacial score (nSPS) is 11.8. The van der Waals surface area contributed by atoms with Crippen LogP contribution in [0.4, 0.5) is 13.2 Å². The number of halogens is 3. The smallest absolute Gasteiger partial charge is 0.406 e. The summed E-state index contributed by atoms with van der Waals surface area (Å²) in [5, 5.41) is 0. The molecule has 0 fully saturated rings. The van der Waals surface area contributed by atoms with E-state index in [0.717, 1.165) is 0 Å². The number of nitrogens with zero attached hydrogens (tertiary/aromatic N) is 2. The van der Waals surface area contributed by atoms with Crippen molar-refractivity contribution in [1.82, 2.24) is 19.9 Å². The molecule has 6 nitrogen and oxygen atoms in total. The number of fused-ring (bicyclic) bond motifs is 1. The Labute approximate surface area is 127 Å². The maximum Gasteiger partial charge on any atom is 0.573 e. The van der Waals surface area contributed by atoms with E-state index in [9.17, 15) is 18.0 Å². The van der Waals surface area contributed by atoms with Crippen molar-refractivity contribution in [3.8, 4) is 5.75 Å². The second-order valence-electron chi connectivity index (χ2n) is 4.90. The van der Waals surface area contributed by atoms with Gasteiger partial charge in [-0.1, -0.05) is 12.1 Å². The van der Waals surface area contributed by atoms with E-state index < -0.39 is 6.36 Å². The first-order chi connectivity index (χ1) is 10.8. The fourth-order valence-corrected chi connectivity index (χ4v) is 2.13. The summed E-state index contributed by atoms with van der Waals surface area (Å²) < 4.78 is 40.1. The minimum absolute atomic E-state index is 0.176. The van der Waals surface area contributed by atoms with Gasteiger partial charge in [-0.2, -0.15) is 0 Å². The van der Waals surface area contributed by atoms with E-state index in [-0.39, 0.29) is 23.4 Å². The van der Waals surface area contributed by atoms with Crippen molar-refractivity contribution >= 4 is 11.3 Å². The molecule has 0 aliphatic rings. The highest BCUT2D eigenvalue weighted by Gasteiger charge is 2.30. The number of ether oxygens (including phenoxy) is 1. The molecule has 0 radical (unpaired) electrons. The Morgan fingerprint density at radius 2 is 1.74 bits per heavy atom. The van der Waals surface area contributed by atoms with Gasteiger partial charge in [0.05, 0.1) is 0 Å². The standard InChI is InChI=1S/C14H11F3N4O2/c1-7-18-11-12(19-7)21-13(22)10(20-11)6-8-2-4-9(5-3-8)23-14(15,16)17/h2-5H,6H2,1H3,(H2,18,19,20,21,22). The number of H-pyrrole nitrogens is 2. The highest BCUT2D eigenvalue weighted by molar-refractivity contribution is 5.65. The molecule has 0 atom stereocenters. The van der Waals surface area contributed by atoms with Crippen LogP contribution in [0, 0.1) is 6.92 Å². The van der Waals surface area contributed by atoms with Crippen molar-refractivity contribution in [3.63, 3.8) is 0 Å². The highest BCUT2D eigenvalue weighted by Crippen LogP contribution is 2.23. The highest BCUT2D eigenvalue weighted by atomic mass is 19.4. The third-order valence-electron chi connectivity index (χ3n) is 3.07. The molecule has 2 heterocycles. The fraction of sp³-hybridized carbons (Fsp3) is 0.214. The molecule has 3 rings (SSSR count). The van der Waals surface area contributed by atoms with Crippen molar-refractivity contribution in [2.75, 3.05) is 0 Å². The van der Waals surface area contributed by atoms with Crippen LogP contribution in [0.2, 0.25) is 0 Å². The van der Waals surface area contributed by atoms with Crippen LogP contribution in [0.3, 0.4) is 0 Å². The summed E-state index contributed by atoms with van der Waals surface area (Å²) in [7, 11) is 0. The van der Waals surface area contributed by atoms with E-state index >= 15 is 0 Å². The number of rotatable bonds is 3. The van der Waals surface area contributed by atoms with Gasteiger partial charge >= 0.3 is 6.36 Å². The molecule has 0 bridgehead atoms. The van der Waals surface area contributed by atoms with E-state index in [1.165, 1.54) is 24.3 Å². The summed E-state index contributed by atoms with van der Waals surface area (Å²) in [6.07, 6.45) is -4.56. The predicted molar refractivity (Wildman–Crippen MR) is 75.2 cm³/mol. The maximum absolute atomic E-state index is 12.1. The van der Waals surface area contributed by atoms with Crippen molar-refractivity contribution in [3.05, 3.63) is 51.7 Å². The van der Waals surface area contributed by atoms with Gasteiger partial charge in [-0.25, -0.2) is 9.97 Å². The third kappa shape index (κ3) is 3.50. The van der Waals surface area contributed by atoms with Crippen molar-refractivity contribution in [2.24, 2.45) is 0 Å². The second kappa shape index (κ2) is 5.41. The van der Waals surface area contributed by atoms with Gasteiger partial charge in [-0.15, -0.1) is 13.2 Å². The van der Waals surface area contributed by atoms with Gasteiger partial charge in [-0.05, 0) is 24.6 Å². The van der Waals surface area contributed by atoms with Crippen molar-refractivity contribution < 1.29 is 17.9 Å². The van der Waals surface area contributed by atoms with Gasteiger partial charge in [-0.3, -0.25) is 4.79 Å². The molecule has 23 heavy (non-hydrogen) atoms. The van der Waals surface area contributed by atoms with Gasteiger partial charge in [0.1, 0.15) is 17.3 Å². The van der Waals surface area contributed by atoms with Gasteiger partial charge in [0, 0.05) is 6.42 Å². The fourth-order valence-electron chi connectivity index (χ4n) is 2.13. The molecule has 3 aromatic rings. The summed E-state index contributed by atoms with van der Waals surface area (Å²) in [6.45, 7) is 1.74. The number of benzene rings is 1. The lowest BCUT2D eigenvalue weighted by Gasteiger charge is -2.09. The zero-order chi connectivity index (χ0) is 16.6. The number of aryl methyl sites for hydroxylation is 1. The summed E-state index contributed by atoms with van der Waals surface area (Å²) in [4.78, 5) is 25.7. The summed E-state index contributed by atoms with van der Waals surface area (Å²) in [5.74, 6) is 0.303. The van der Waals surface area contributed by atoms with Crippen LogP contribution in [0.25, 0.3) is 11.3 Å². The minimum atomic E-state index is -4.73. The topological polar surface area (TPSA) is 83.7 Å². The quantitative estimate of drug-likeness (QED) is 0.775. The molecule has 2 aromatic heterocycles. The molecule has 0 amide bonds. The van der Waals surface area contributed by atoms with Crippen molar-refractivity contribution in [1.29, 1.82) is 0 Å². The number of hydrogen-bond donors (Lipinski definition) is 2. The number of aromatic nitrogens is 4. The third-order valence-corrected chi connectivity index (χ3v) is 3.07. The van der Waals surface area contributed by atoms with Gasteiger partial charge < -0.3 is 14.7 Å². The molecule has 0 aliphatic carbocycles. The number of aromatic amines is 2. The first kappa shape index (κ1) is 15.1. The second-order valence-corrected chi connectivity index (χ2v) is 4.90. The van der Waals surface area contributed by atoms with E-state index in [2.05, 4.69) is 24.7 Å². The largest absolute Gasteiger partial charge is 0.573 e. The predicted octanol–water partition coefficient (Wildman–Crippen LogP) is 2.44. The first-order valence-corrected chi connectivity index (χ1v) is 6.60. The molecular weight excluding hydrogens is 313 g/mol. The Bertz CT molecular complexity index is 897. The lowest BCUT2D eigenvalue weighted by Crippen LogP contribution is -2.17. The number of imidazole rings is 1. The molecule has 9 heteroatoms. The lowest BCUT2D eigenvalue weighted by molar-refractivity contribution is -0.274. The summed E-state index contributed by atoms with van der Waals surface area (Å²) in [6, 6.07) is 5.28. The Morgan fingerprint density at radius 1 is 1.09 bits per heavy atom. The molecule has 0 saturated carbocycles. The first-order valence-electron chi connectivity index (χ1n) is 6.60. The Hall–Kier alpha value is -2.84. The number of nitrogens with one attached hydrogen (secondary N) is 2. The Kier molecular flexibility index (Phi) is 3.55. The number of hydrogen-bond acceptors (Lipinski definition) is 4. The molecule has 0 unspecified atom stereocenters. The zero-order valence-electron chi connectivity index (χ0n) is 11.9. The van der Waals surface area contributed by atoms with E-state index in [0.29, 0.717) is 22.7 Å². The molecule has 1 aromatic carbocycles. The van der Waals surface area contributed by atoms with Crippen LogP contribution < -0.4 is 10.3 Å². The zero-order valence-corrected chi connectivity index (χ0v) is 11.9. The molecule has 0 spiro atoms. The van der Waals surface area contributed by atoms with Gasteiger partial charge in [0.2, 0.25) is 0 Å². The Morgan fingerprint density at radius 3 is 2.39 bits per heavy atom. The molecule has 120 valence electrons. The number of alkyl halides is 3. The summed E-state index contributed by atoms with van der Waals surface area (Å²) >= 11 is 0. The molecule has 2 N–H and O–H groups in total. The van der Waals surface area contributed by atoms with E-state index in [1.54, 1.807) is 6.92 Å². The van der Waals surface area contributed by atoms with Crippen molar-refractivity contribution in [2.45, 2.75) is 19.7 Å². The van der Waals surface area contributed by atoms with E-state index in [1.807, 2.05) is 0 Å². The summed E-state index contributed by atoms with van der Waals surface area (Å²) in [5.41, 5.74) is 1.30.